The van der Waals surface area contributed by atoms with Crippen LogP contribution in [0.25, 0.3) is 10.9 Å². The molecule has 0 aliphatic heterocycles. The number of aromatic nitrogens is 1. The van der Waals surface area contributed by atoms with E-state index in [0.717, 1.165) is 47.7 Å². The van der Waals surface area contributed by atoms with Crippen molar-refractivity contribution in [3.05, 3.63) is 95.9 Å². The third kappa shape index (κ3) is 6.89. The number of benzene rings is 3. The van der Waals surface area contributed by atoms with Crippen molar-refractivity contribution < 1.29 is 32.2 Å². The van der Waals surface area contributed by atoms with Gasteiger partial charge in [-0.1, -0.05) is 24.3 Å². The molecule has 0 unspecified atom stereocenters. The van der Waals surface area contributed by atoms with Crippen molar-refractivity contribution in [2.24, 2.45) is 7.05 Å². The lowest BCUT2D eigenvalue weighted by Crippen LogP contribution is -2.30. The normalized spacial score (nSPS) is 13.7. The number of para-hydroxylation sites is 1. The van der Waals surface area contributed by atoms with Crippen LogP contribution in [0, 0.1) is 0 Å². The molecule has 0 spiro atoms. The lowest BCUT2D eigenvalue weighted by Gasteiger charge is -2.13. The molecule has 2 N–H and O–H groups in total. The van der Waals surface area contributed by atoms with E-state index >= 15 is 0 Å². The first-order valence-corrected chi connectivity index (χ1v) is 15.8. The molecule has 4 aromatic rings. The number of hydrogen-bond acceptors (Lipinski definition) is 7. The highest BCUT2D eigenvalue weighted by atomic mass is 32.2. The Labute approximate surface area is 256 Å². The molecular weight excluding hydrogens is 582 g/mol. The minimum Gasteiger partial charge on any atom is -0.496 e. The van der Waals surface area contributed by atoms with E-state index in [0.29, 0.717) is 17.9 Å². The molecule has 1 fully saturated rings. The molecule has 0 radical (unpaired) electrons. The number of carbonyl (C=O) groups excluding carboxylic acids is 2. The number of carbonyl (C=O) groups is 2. The molecule has 1 aromatic heterocycles. The van der Waals surface area contributed by atoms with Crippen LogP contribution in [0.3, 0.4) is 0 Å². The number of amides is 2. The predicted octanol–water partition coefficient (Wildman–Crippen LogP) is 6.30. The van der Waals surface area contributed by atoms with Gasteiger partial charge in [0, 0.05) is 41.8 Å². The number of aryl methyl sites for hydroxylation is 1. The molecule has 0 bridgehead atoms. The van der Waals surface area contributed by atoms with Crippen molar-refractivity contribution in [3.63, 3.8) is 0 Å². The standard InChI is InChI=1S/C33H35N3O7S/c1-4-17-42-29-11-7-8-12-31(29)44(39,40)35-32(37)23-14-13-22(30(19-23)41-3)18-24-21-36(2)28-16-15-25(20-27(24)28)34-33(38)43-26-9-5-6-10-26/h4,7-8,11-17,19-21,26H,5-6,9-10,18H2,1-3H3,(H,34,38)(H,35,37)/b17-4-. The Morgan fingerprint density at radius 1 is 1.00 bits per heavy atom. The van der Waals surface area contributed by atoms with Crippen LogP contribution in [0.5, 0.6) is 11.5 Å². The topological polar surface area (TPSA) is 125 Å². The van der Waals surface area contributed by atoms with E-state index in [-0.39, 0.29) is 22.3 Å². The Balaban J connectivity index is 1.34. The molecular formula is C33H35N3O7S. The van der Waals surface area contributed by atoms with Crippen LogP contribution >= 0.6 is 0 Å². The third-order valence-electron chi connectivity index (χ3n) is 7.52. The predicted molar refractivity (Wildman–Crippen MR) is 168 cm³/mol. The Morgan fingerprint density at radius 3 is 2.52 bits per heavy atom. The summed E-state index contributed by atoms with van der Waals surface area (Å²) < 4.78 is 46.8. The molecule has 5 rings (SSSR count). The minimum atomic E-state index is -4.23. The van der Waals surface area contributed by atoms with E-state index in [9.17, 15) is 18.0 Å². The van der Waals surface area contributed by atoms with Gasteiger partial charge in [0.2, 0.25) is 0 Å². The van der Waals surface area contributed by atoms with E-state index in [1.165, 1.54) is 31.6 Å². The van der Waals surface area contributed by atoms with Gasteiger partial charge in [-0.15, -0.1) is 0 Å². The molecule has 11 heteroatoms. The summed E-state index contributed by atoms with van der Waals surface area (Å²) in [6, 6.07) is 16.6. The van der Waals surface area contributed by atoms with Crippen molar-refractivity contribution >= 4 is 38.6 Å². The van der Waals surface area contributed by atoms with Crippen LogP contribution in [-0.2, 0) is 28.2 Å². The van der Waals surface area contributed by atoms with Crippen molar-refractivity contribution in [1.29, 1.82) is 0 Å². The zero-order chi connectivity index (χ0) is 31.3. The van der Waals surface area contributed by atoms with Gasteiger partial charge < -0.3 is 18.8 Å². The van der Waals surface area contributed by atoms with Crippen LogP contribution in [-0.4, -0.2) is 38.2 Å². The fourth-order valence-corrected chi connectivity index (χ4v) is 6.49. The molecule has 0 saturated heterocycles. The minimum absolute atomic E-state index is 0.0308. The fourth-order valence-electron chi connectivity index (χ4n) is 5.38. The van der Waals surface area contributed by atoms with Crippen LogP contribution in [0.2, 0.25) is 0 Å². The number of sulfonamides is 1. The van der Waals surface area contributed by atoms with Crippen molar-refractivity contribution in [3.8, 4) is 11.5 Å². The Hall–Kier alpha value is -4.77. The summed E-state index contributed by atoms with van der Waals surface area (Å²) in [6.45, 7) is 1.74. The molecule has 1 saturated carbocycles. The summed E-state index contributed by atoms with van der Waals surface area (Å²) in [5.74, 6) is -0.280. The molecule has 0 atom stereocenters. The lowest BCUT2D eigenvalue weighted by atomic mass is 10.0. The van der Waals surface area contributed by atoms with Crippen LogP contribution < -0.4 is 19.5 Å². The summed E-state index contributed by atoms with van der Waals surface area (Å²) in [5, 5.41) is 3.79. The van der Waals surface area contributed by atoms with E-state index in [1.807, 2.05) is 36.0 Å². The molecule has 1 heterocycles. The van der Waals surface area contributed by atoms with Gasteiger partial charge in [-0.3, -0.25) is 10.1 Å². The number of nitrogens with zero attached hydrogens (tertiary/aromatic N) is 1. The maximum Gasteiger partial charge on any atom is 0.411 e. The average Bonchev–Trinajstić information content (AvgIpc) is 3.63. The average molecular weight is 618 g/mol. The molecule has 230 valence electrons. The smallest absolute Gasteiger partial charge is 0.411 e. The Kier molecular flexibility index (Phi) is 9.24. The number of methoxy groups -OCH3 is 1. The molecule has 10 nitrogen and oxygen atoms in total. The van der Waals surface area contributed by atoms with Crippen LogP contribution in [0.4, 0.5) is 10.5 Å². The van der Waals surface area contributed by atoms with Gasteiger partial charge >= 0.3 is 6.09 Å². The number of ether oxygens (including phenoxy) is 3. The van der Waals surface area contributed by atoms with Gasteiger partial charge in [0.15, 0.2) is 0 Å². The van der Waals surface area contributed by atoms with Gasteiger partial charge in [-0.2, -0.15) is 0 Å². The third-order valence-corrected chi connectivity index (χ3v) is 8.89. The summed E-state index contributed by atoms with van der Waals surface area (Å²) in [7, 11) is -0.791. The Bertz CT molecular complexity index is 1820. The van der Waals surface area contributed by atoms with Crippen molar-refractivity contribution in [1.82, 2.24) is 9.29 Å². The van der Waals surface area contributed by atoms with Crippen molar-refractivity contribution in [2.75, 3.05) is 12.4 Å². The first-order chi connectivity index (χ1) is 21.2. The first kappa shape index (κ1) is 30.7. The molecule has 1 aliphatic rings. The van der Waals surface area contributed by atoms with E-state index < -0.39 is 22.0 Å². The zero-order valence-electron chi connectivity index (χ0n) is 24.8. The molecule has 2 amide bonds. The molecule has 44 heavy (non-hydrogen) atoms. The second-order valence-electron chi connectivity index (χ2n) is 10.6. The largest absolute Gasteiger partial charge is 0.496 e. The quantitative estimate of drug-likeness (QED) is 0.200. The van der Waals surface area contributed by atoms with Crippen molar-refractivity contribution in [2.45, 2.75) is 50.0 Å². The highest BCUT2D eigenvalue weighted by Crippen LogP contribution is 2.31. The SMILES string of the molecule is C/C=C\Oc1ccccc1S(=O)(=O)NC(=O)c1ccc(Cc2cn(C)c3ccc(NC(=O)OC4CCCC4)cc23)c(OC)c1. The van der Waals surface area contributed by atoms with E-state index in [4.69, 9.17) is 14.2 Å². The van der Waals surface area contributed by atoms with Gasteiger partial charge in [0.1, 0.15) is 22.5 Å². The van der Waals surface area contributed by atoms with Gasteiger partial charge in [-0.05, 0) is 86.2 Å². The van der Waals surface area contributed by atoms with E-state index in [1.54, 1.807) is 37.3 Å². The molecule has 1 aliphatic carbocycles. The number of nitrogens with one attached hydrogen (secondary N) is 2. The summed E-state index contributed by atoms with van der Waals surface area (Å²) in [6.07, 6.45) is 8.91. The lowest BCUT2D eigenvalue weighted by molar-refractivity contribution is 0.0980. The Morgan fingerprint density at radius 2 is 1.77 bits per heavy atom. The monoisotopic (exact) mass is 617 g/mol. The second-order valence-corrected chi connectivity index (χ2v) is 12.3. The van der Waals surface area contributed by atoms with E-state index in [2.05, 4.69) is 10.0 Å². The number of fused-ring (bicyclic) bond motifs is 1. The summed E-state index contributed by atoms with van der Waals surface area (Å²) in [5.41, 5.74) is 3.50. The van der Waals surface area contributed by atoms with Gasteiger partial charge in [0.05, 0.1) is 13.4 Å². The highest BCUT2D eigenvalue weighted by molar-refractivity contribution is 7.90. The number of hydrogen-bond donors (Lipinski definition) is 2. The maximum atomic E-state index is 13.1. The number of allylic oxidation sites excluding steroid dienone is 1. The summed E-state index contributed by atoms with van der Waals surface area (Å²) in [4.78, 5) is 25.3. The highest BCUT2D eigenvalue weighted by Gasteiger charge is 2.24. The zero-order valence-corrected chi connectivity index (χ0v) is 25.6. The second kappa shape index (κ2) is 13.3. The summed E-state index contributed by atoms with van der Waals surface area (Å²) >= 11 is 0. The number of rotatable bonds is 10. The first-order valence-electron chi connectivity index (χ1n) is 14.3. The molecule has 3 aromatic carbocycles. The van der Waals surface area contributed by atoms with Gasteiger partial charge in [-0.25, -0.2) is 17.9 Å². The fraction of sp³-hybridized carbons (Fsp3) is 0.273. The number of anilines is 1. The maximum absolute atomic E-state index is 13.1. The van der Waals surface area contributed by atoms with Crippen LogP contribution in [0.15, 0.2) is 84.1 Å². The van der Waals surface area contributed by atoms with Crippen LogP contribution in [0.1, 0.15) is 54.1 Å². The van der Waals surface area contributed by atoms with Gasteiger partial charge in [0.25, 0.3) is 15.9 Å².